The quantitative estimate of drug-likeness (QED) is 0.425. The summed E-state index contributed by atoms with van der Waals surface area (Å²) in [5.74, 6) is -0.715. The maximum absolute atomic E-state index is 15.5. The van der Waals surface area contributed by atoms with Crippen LogP contribution in [0.5, 0.6) is 0 Å². The second-order valence-corrected chi connectivity index (χ2v) is 10.1. The van der Waals surface area contributed by atoms with Crippen LogP contribution in [0.15, 0.2) is 24.3 Å². The number of hydrogen-bond donors (Lipinski definition) is 2. The van der Waals surface area contributed by atoms with Crippen molar-refractivity contribution in [2.45, 2.75) is 38.0 Å². The van der Waals surface area contributed by atoms with Crippen molar-refractivity contribution in [2.24, 2.45) is 0 Å². The number of amides is 1. The maximum Gasteiger partial charge on any atom is 0.251 e. The third-order valence-corrected chi connectivity index (χ3v) is 7.57. The van der Waals surface area contributed by atoms with Gasteiger partial charge in [-0.25, -0.2) is 13.8 Å². The standard InChI is InChI=1S/C27H27F2N5O/c1-13-21-20(33-32-13)12-19(29)26-24(21)22-14-4-5-15(10-14)23(22)25(31-26)17-7-6-16(11-18(17)28)27(35)30-8-9-34(2)3/h6-7,11-12,14-15H,4-5,8-10H2,1-3H3,(H,30,35)(H,32,33). The number of halogens is 2. The number of aromatic nitrogens is 3. The fraction of sp³-hybridized carbons (Fsp3) is 0.370. The zero-order chi connectivity index (χ0) is 24.4. The summed E-state index contributed by atoms with van der Waals surface area (Å²) in [5.41, 5.74) is 4.91. The normalized spacial score (nSPS) is 18.7. The van der Waals surface area contributed by atoms with Gasteiger partial charge in [-0.2, -0.15) is 5.10 Å². The first-order chi connectivity index (χ1) is 16.8. The minimum Gasteiger partial charge on any atom is -0.351 e. The maximum atomic E-state index is 15.5. The summed E-state index contributed by atoms with van der Waals surface area (Å²) in [4.78, 5) is 19.2. The van der Waals surface area contributed by atoms with Crippen LogP contribution < -0.4 is 5.32 Å². The summed E-state index contributed by atoms with van der Waals surface area (Å²) in [5, 5.41) is 11.8. The molecule has 1 amide bonds. The van der Waals surface area contributed by atoms with Gasteiger partial charge in [0.1, 0.15) is 11.3 Å². The molecule has 2 aromatic carbocycles. The van der Waals surface area contributed by atoms with Crippen molar-refractivity contribution in [3.63, 3.8) is 0 Å². The van der Waals surface area contributed by atoms with Crippen LogP contribution in [0.3, 0.4) is 0 Å². The Hall–Kier alpha value is -3.39. The van der Waals surface area contributed by atoms with Crippen LogP contribution in [-0.4, -0.2) is 53.2 Å². The summed E-state index contributed by atoms with van der Waals surface area (Å²) in [7, 11) is 3.84. The number of hydrogen-bond acceptors (Lipinski definition) is 4. The van der Waals surface area contributed by atoms with Gasteiger partial charge in [0.05, 0.1) is 11.2 Å². The molecule has 2 unspecified atom stereocenters. The topological polar surface area (TPSA) is 73.9 Å². The van der Waals surface area contributed by atoms with Gasteiger partial charge < -0.3 is 10.2 Å². The van der Waals surface area contributed by atoms with E-state index in [2.05, 4.69) is 15.5 Å². The van der Waals surface area contributed by atoms with E-state index in [9.17, 15) is 4.79 Å². The van der Waals surface area contributed by atoms with Crippen LogP contribution >= 0.6 is 0 Å². The van der Waals surface area contributed by atoms with E-state index in [4.69, 9.17) is 4.98 Å². The molecule has 0 spiro atoms. The van der Waals surface area contributed by atoms with Gasteiger partial charge >= 0.3 is 0 Å². The molecule has 1 fully saturated rings. The van der Waals surface area contributed by atoms with Gasteiger partial charge in [-0.3, -0.25) is 9.89 Å². The number of H-pyrrole nitrogens is 1. The molecular weight excluding hydrogens is 448 g/mol. The van der Waals surface area contributed by atoms with Gasteiger partial charge in [0.15, 0.2) is 5.82 Å². The molecule has 6 rings (SSSR count). The monoisotopic (exact) mass is 475 g/mol. The first-order valence-corrected chi connectivity index (χ1v) is 12.1. The molecule has 2 N–H and O–H groups in total. The predicted molar refractivity (Wildman–Crippen MR) is 132 cm³/mol. The summed E-state index contributed by atoms with van der Waals surface area (Å²) in [6.07, 6.45) is 3.04. The number of likely N-dealkylation sites (N-methyl/N-ethyl adjacent to an activating group) is 1. The molecule has 0 radical (unpaired) electrons. The molecule has 2 bridgehead atoms. The fourth-order valence-electron chi connectivity index (χ4n) is 5.99. The van der Waals surface area contributed by atoms with Gasteiger partial charge in [0.2, 0.25) is 0 Å². The molecule has 2 atom stereocenters. The second-order valence-electron chi connectivity index (χ2n) is 10.1. The van der Waals surface area contributed by atoms with Crippen LogP contribution in [0.2, 0.25) is 0 Å². The average molecular weight is 476 g/mol. The molecule has 0 aliphatic heterocycles. The molecule has 2 aromatic heterocycles. The summed E-state index contributed by atoms with van der Waals surface area (Å²) < 4.78 is 30.8. The van der Waals surface area contributed by atoms with Crippen molar-refractivity contribution in [1.82, 2.24) is 25.4 Å². The molecule has 6 nitrogen and oxygen atoms in total. The van der Waals surface area contributed by atoms with Crippen LogP contribution in [0, 0.1) is 18.6 Å². The number of nitrogens with zero attached hydrogens (tertiary/aromatic N) is 3. The molecule has 8 heteroatoms. The van der Waals surface area contributed by atoms with E-state index in [1.54, 1.807) is 12.1 Å². The highest BCUT2D eigenvalue weighted by Gasteiger charge is 2.42. The number of fused-ring (bicyclic) bond motifs is 9. The Morgan fingerprint density at radius 2 is 1.89 bits per heavy atom. The molecule has 35 heavy (non-hydrogen) atoms. The highest BCUT2D eigenvalue weighted by molar-refractivity contribution is 6.10. The highest BCUT2D eigenvalue weighted by atomic mass is 19.1. The molecule has 180 valence electrons. The van der Waals surface area contributed by atoms with Crippen molar-refractivity contribution in [3.8, 4) is 11.3 Å². The van der Waals surface area contributed by atoms with Gasteiger partial charge in [0, 0.05) is 46.7 Å². The molecule has 1 saturated carbocycles. The zero-order valence-electron chi connectivity index (χ0n) is 20.0. The van der Waals surface area contributed by atoms with Gasteiger partial charge in [0.25, 0.3) is 5.91 Å². The second kappa shape index (κ2) is 8.09. The van der Waals surface area contributed by atoms with Crippen molar-refractivity contribution < 1.29 is 13.6 Å². The van der Waals surface area contributed by atoms with Gasteiger partial charge in [-0.15, -0.1) is 0 Å². The van der Waals surface area contributed by atoms with Crippen molar-refractivity contribution in [3.05, 3.63) is 58.3 Å². The highest BCUT2D eigenvalue weighted by Crippen LogP contribution is 2.58. The summed E-state index contributed by atoms with van der Waals surface area (Å²) in [6.45, 7) is 3.10. The number of carbonyl (C=O) groups is 1. The zero-order valence-corrected chi connectivity index (χ0v) is 20.0. The number of pyridine rings is 1. The third kappa shape index (κ3) is 3.42. The number of rotatable bonds is 5. The Morgan fingerprint density at radius 1 is 1.11 bits per heavy atom. The summed E-state index contributed by atoms with van der Waals surface area (Å²) >= 11 is 0. The molecule has 2 heterocycles. The largest absolute Gasteiger partial charge is 0.351 e. The Morgan fingerprint density at radius 3 is 2.63 bits per heavy atom. The van der Waals surface area contributed by atoms with Crippen LogP contribution in [0.1, 0.15) is 58.3 Å². The van der Waals surface area contributed by atoms with Crippen molar-refractivity contribution in [2.75, 3.05) is 27.2 Å². The number of nitrogens with one attached hydrogen (secondary N) is 2. The third-order valence-electron chi connectivity index (χ3n) is 7.57. The Labute approximate surface area is 201 Å². The molecule has 2 aliphatic carbocycles. The van der Waals surface area contributed by atoms with Crippen LogP contribution in [-0.2, 0) is 0 Å². The van der Waals surface area contributed by atoms with E-state index in [1.165, 1.54) is 12.1 Å². The Balaban J connectivity index is 1.51. The SMILES string of the molecule is Cc1[nH]nc2cc(F)c3nc(-c4ccc(C(=O)NCCN(C)C)cc4F)c4c(c3c12)C1CCC4C1. The summed E-state index contributed by atoms with van der Waals surface area (Å²) in [6, 6.07) is 5.88. The number of carbonyl (C=O) groups excluding carboxylic acids is 1. The molecule has 2 aliphatic rings. The number of aryl methyl sites for hydroxylation is 1. The van der Waals surface area contributed by atoms with Crippen LogP contribution in [0.4, 0.5) is 8.78 Å². The van der Waals surface area contributed by atoms with E-state index in [-0.39, 0.29) is 22.9 Å². The van der Waals surface area contributed by atoms with Gasteiger partial charge in [-0.05, 0) is 81.4 Å². The van der Waals surface area contributed by atoms with E-state index < -0.39 is 11.6 Å². The number of benzene rings is 2. The molecule has 4 aromatic rings. The fourth-order valence-corrected chi connectivity index (χ4v) is 5.99. The Bertz CT molecular complexity index is 1510. The predicted octanol–water partition coefficient (Wildman–Crippen LogP) is 5.02. The molecule has 0 saturated heterocycles. The van der Waals surface area contributed by atoms with E-state index in [0.29, 0.717) is 35.8 Å². The lowest BCUT2D eigenvalue weighted by Crippen LogP contribution is -2.31. The minimum atomic E-state index is -0.525. The van der Waals surface area contributed by atoms with E-state index >= 15 is 8.78 Å². The Kier molecular flexibility index (Phi) is 5.11. The smallest absolute Gasteiger partial charge is 0.251 e. The number of aromatic amines is 1. The first kappa shape index (κ1) is 22.1. The lowest BCUT2D eigenvalue weighted by atomic mass is 9.85. The van der Waals surface area contributed by atoms with Gasteiger partial charge in [-0.1, -0.05) is 0 Å². The van der Waals surface area contributed by atoms with Crippen LogP contribution in [0.25, 0.3) is 33.1 Å². The average Bonchev–Trinajstić information content (AvgIpc) is 3.54. The van der Waals surface area contributed by atoms with Crippen molar-refractivity contribution in [1.29, 1.82) is 0 Å². The first-order valence-electron chi connectivity index (χ1n) is 12.1. The van der Waals surface area contributed by atoms with E-state index in [1.807, 2.05) is 25.9 Å². The lowest BCUT2D eigenvalue weighted by molar-refractivity contribution is 0.0950. The molecular formula is C27H27F2N5O. The van der Waals surface area contributed by atoms with E-state index in [0.717, 1.165) is 46.9 Å². The minimum absolute atomic E-state index is 0.255. The lowest BCUT2D eigenvalue weighted by Gasteiger charge is -2.22. The van der Waals surface area contributed by atoms with Crippen molar-refractivity contribution >= 4 is 27.7 Å².